The Morgan fingerprint density at radius 1 is 1.18 bits per heavy atom. The van der Waals surface area contributed by atoms with Crippen molar-refractivity contribution in [1.29, 1.82) is 5.26 Å². The van der Waals surface area contributed by atoms with Gasteiger partial charge in [-0.2, -0.15) is 5.26 Å². The van der Waals surface area contributed by atoms with Gasteiger partial charge < -0.3 is 26.1 Å². The molecule has 10 heteroatoms. The highest BCUT2D eigenvalue weighted by atomic mass is 32.2. The molecule has 0 saturated heterocycles. The molecule has 9 nitrogen and oxygen atoms in total. The molecule has 0 spiro atoms. The summed E-state index contributed by atoms with van der Waals surface area (Å²) in [6, 6.07) is 17.5. The smallest absolute Gasteiger partial charge is 0.226 e. The number of H-pyrrole nitrogens is 1. The zero-order valence-corrected chi connectivity index (χ0v) is 19.3. The fourth-order valence-corrected chi connectivity index (χ4v) is 3.58. The van der Waals surface area contributed by atoms with Crippen LogP contribution >= 0.6 is 11.8 Å². The Bertz CT molecular complexity index is 1240. The van der Waals surface area contributed by atoms with E-state index in [1.54, 1.807) is 6.08 Å². The minimum absolute atomic E-state index is 0.390. The zero-order valence-electron chi connectivity index (χ0n) is 18.5. The second-order valence-corrected chi connectivity index (χ2v) is 8.68. The SMILES string of the molecule is CSC1=NC(N)=CC(Oc2ccc(-c3nnc(Nc4cccc(C(C)(C)C#N)c4)[nH]3)cc2)N1. The lowest BCUT2D eigenvalue weighted by molar-refractivity contribution is 0.233. The van der Waals surface area contributed by atoms with Gasteiger partial charge in [-0.3, -0.25) is 0 Å². The molecule has 1 atom stereocenters. The van der Waals surface area contributed by atoms with Crippen LogP contribution in [0.3, 0.4) is 0 Å². The molecule has 0 radical (unpaired) electrons. The van der Waals surface area contributed by atoms with Crippen molar-refractivity contribution in [2.24, 2.45) is 10.7 Å². The summed E-state index contributed by atoms with van der Waals surface area (Å²) in [6.45, 7) is 3.77. The van der Waals surface area contributed by atoms with Gasteiger partial charge in [-0.15, -0.1) is 10.2 Å². The maximum absolute atomic E-state index is 9.38. The third kappa shape index (κ3) is 5.27. The van der Waals surface area contributed by atoms with Gasteiger partial charge in [-0.25, -0.2) is 4.99 Å². The number of thioether (sulfide) groups is 1. The van der Waals surface area contributed by atoms with E-state index in [1.165, 1.54) is 11.8 Å². The van der Waals surface area contributed by atoms with Crippen LogP contribution in [0.25, 0.3) is 11.4 Å². The van der Waals surface area contributed by atoms with Gasteiger partial charge in [0, 0.05) is 17.3 Å². The van der Waals surface area contributed by atoms with E-state index in [0.717, 1.165) is 16.8 Å². The fourth-order valence-electron chi connectivity index (χ4n) is 3.15. The second kappa shape index (κ2) is 9.26. The Balaban J connectivity index is 1.43. The summed E-state index contributed by atoms with van der Waals surface area (Å²) in [5.74, 6) is 2.23. The molecule has 1 aliphatic rings. The van der Waals surface area contributed by atoms with Crippen LogP contribution in [0.2, 0.25) is 0 Å². The normalized spacial score (nSPS) is 15.6. The van der Waals surface area contributed by atoms with E-state index >= 15 is 0 Å². The predicted octanol–water partition coefficient (Wildman–Crippen LogP) is 3.84. The first-order chi connectivity index (χ1) is 15.9. The summed E-state index contributed by atoms with van der Waals surface area (Å²) in [4.78, 5) is 7.36. The van der Waals surface area contributed by atoms with Crippen molar-refractivity contribution in [1.82, 2.24) is 20.5 Å². The van der Waals surface area contributed by atoms with E-state index in [0.29, 0.717) is 28.5 Å². The summed E-state index contributed by atoms with van der Waals surface area (Å²) in [6.07, 6.45) is 3.24. The van der Waals surface area contributed by atoms with Crippen LogP contribution in [-0.2, 0) is 5.41 Å². The summed E-state index contributed by atoms with van der Waals surface area (Å²) in [7, 11) is 0. The van der Waals surface area contributed by atoms with Gasteiger partial charge in [0.25, 0.3) is 0 Å². The van der Waals surface area contributed by atoms with Gasteiger partial charge in [0.05, 0.1) is 11.5 Å². The average Bonchev–Trinajstić information content (AvgIpc) is 3.27. The topological polar surface area (TPSA) is 137 Å². The first kappa shape index (κ1) is 22.2. The van der Waals surface area contributed by atoms with Crippen molar-refractivity contribution in [2.75, 3.05) is 11.6 Å². The molecular weight excluding hydrogens is 436 g/mol. The molecule has 4 rings (SSSR count). The lowest BCUT2D eigenvalue weighted by atomic mass is 9.86. The maximum atomic E-state index is 9.38. The molecule has 3 aromatic rings. The molecule has 1 aromatic heterocycles. The Morgan fingerprint density at radius 2 is 1.97 bits per heavy atom. The molecule has 2 heterocycles. The molecule has 0 bridgehead atoms. The van der Waals surface area contributed by atoms with E-state index in [2.05, 4.69) is 36.9 Å². The molecule has 1 unspecified atom stereocenters. The first-order valence-corrected chi connectivity index (χ1v) is 11.4. The summed E-state index contributed by atoms with van der Waals surface area (Å²) in [5, 5.41) is 24.9. The van der Waals surface area contributed by atoms with Crippen LogP contribution in [0.1, 0.15) is 19.4 Å². The number of rotatable bonds is 6. The first-order valence-electron chi connectivity index (χ1n) is 10.2. The number of anilines is 2. The van der Waals surface area contributed by atoms with Crippen LogP contribution < -0.4 is 21.1 Å². The van der Waals surface area contributed by atoms with Crippen LogP contribution in [0, 0.1) is 11.3 Å². The van der Waals surface area contributed by atoms with Crippen LogP contribution in [0.5, 0.6) is 5.75 Å². The summed E-state index contributed by atoms with van der Waals surface area (Å²) >= 11 is 1.47. The van der Waals surface area contributed by atoms with Crippen molar-refractivity contribution < 1.29 is 4.74 Å². The largest absolute Gasteiger partial charge is 0.467 e. The Labute approximate surface area is 196 Å². The van der Waals surface area contributed by atoms with Gasteiger partial charge in [0.1, 0.15) is 11.6 Å². The minimum atomic E-state index is -0.577. The van der Waals surface area contributed by atoms with E-state index < -0.39 is 11.6 Å². The zero-order chi connectivity index (χ0) is 23.4. The van der Waals surface area contributed by atoms with Gasteiger partial charge in [-0.05, 0) is 62.1 Å². The highest BCUT2D eigenvalue weighted by molar-refractivity contribution is 8.13. The Kier molecular flexibility index (Phi) is 6.24. The number of nitrogens with one attached hydrogen (secondary N) is 3. The van der Waals surface area contributed by atoms with Gasteiger partial charge >= 0.3 is 0 Å². The molecule has 2 aromatic carbocycles. The number of nitriles is 1. The summed E-state index contributed by atoms with van der Waals surface area (Å²) in [5.41, 5.74) is 7.87. The number of nitrogens with two attached hydrogens (primary N) is 1. The molecule has 168 valence electrons. The van der Waals surface area contributed by atoms with Crippen molar-refractivity contribution in [3.8, 4) is 23.2 Å². The number of ether oxygens (including phenoxy) is 1. The van der Waals surface area contributed by atoms with E-state index in [4.69, 9.17) is 10.5 Å². The molecule has 33 heavy (non-hydrogen) atoms. The second-order valence-electron chi connectivity index (χ2n) is 7.88. The lowest BCUT2D eigenvalue weighted by Gasteiger charge is -2.22. The number of aromatic amines is 1. The number of hydrogen-bond acceptors (Lipinski definition) is 9. The third-order valence-electron chi connectivity index (χ3n) is 5.02. The van der Waals surface area contributed by atoms with Crippen molar-refractivity contribution >= 4 is 28.6 Å². The van der Waals surface area contributed by atoms with Gasteiger partial charge in [-0.1, -0.05) is 23.9 Å². The number of benzene rings is 2. The molecule has 0 saturated carbocycles. The van der Waals surface area contributed by atoms with E-state index in [9.17, 15) is 5.26 Å². The van der Waals surface area contributed by atoms with Crippen LogP contribution in [0.4, 0.5) is 11.6 Å². The molecule has 0 fully saturated rings. The highest BCUT2D eigenvalue weighted by Crippen LogP contribution is 2.26. The number of aromatic nitrogens is 3. The molecule has 5 N–H and O–H groups in total. The third-order valence-corrected chi connectivity index (χ3v) is 5.61. The monoisotopic (exact) mass is 460 g/mol. The minimum Gasteiger partial charge on any atom is -0.467 e. The van der Waals surface area contributed by atoms with Crippen molar-refractivity contribution in [3.05, 3.63) is 66.0 Å². The number of nitrogens with zero attached hydrogens (tertiary/aromatic N) is 4. The standard InChI is InChI=1S/C23H24N8OS/c1-23(2,13-24)15-5-4-6-16(11-15)26-21-29-20(30-31-21)14-7-9-17(10-8-14)32-19-12-18(25)27-22(28-19)33-3/h4-12,19H,25H2,1-3H3,(H,27,28)(H2,26,29,30,31). The van der Waals surface area contributed by atoms with Crippen molar-refractivity contribution in [3.63, 3.8) is 0 Å². The Morgan fingerprint density at radius 3 is 2.70 bits per heavy atom. The van der Waals surface area contributed by atoms with Gasteiger partial charge in [0.2, 0.25) is 5.95 Å². The van der Waals surface area contributed by atoms with Crippen LogP contribution in [0.15, 0.2) is 65.4 Å². The summed E-state index contributed by atoms with van der Waals surface area (Å²) < 4.78 is 5.94. The van der Waals surface area contributed by atoms with Crippen LogP contribution in [-0.4, -0.2) is 32.8 Å². The average molecular weight is 461 g/mol. The van der Waals surface area contributed by atoms with Gasteiger partial charge in [0.15, 0.2) is 17.2 Å². The maximum Gasteiger partial charge on any atom is 0.226 e. The molecule has 0 aliphatic carbocycles. The quantitative estimate of drug-likeness (QED) is 0.435. The predicted molar refractivity (Wildman–Crippen MR) is 131 cm³/mol. The molecular formula is C23H24N8OS. The molecule has 1 aliphatic heterocycles. The lowest BCUT2D eigenvalue weighted by Crippen LogP contribution is -2.39. The highest BCUT2D eigenvalue weighted by Gasteiger charge is 2.20. The van der Waals surface area contributed by atoms with E-state index in [-0.39, 0.29) is 0 Å². The number of amidine groups is 1. The Hall–Kier alpha value is -3.97. The number of aliphatic imine (C=N–C) groups is 1. The van der Waals surface area contributed by atoms with Crippen molar-refractivity contribution in [2.45, 2.75) is 25.5 Å². The number of hydrogen-bond donors (Lipinski definition) is 4. The fraction of sp³-hybridized carbons (Fsp3) is 0.217. The molecule has 0 amide bonds. The van der Waals surface area contributed by atoms with E-state index in [1.807, 2.05) is 68.6 Å².